The van der Waals surface area contributed by atoms with Crippen molar-refractivity contribution < 1.29 is 4.39 Å². The number of anilines is 1. The molecular weight excluding hydrogens is 315 g/mol. The van der Waals surface area contributed by atoms with E-state index in [-0.39, 0.29) is 11.9 Å². The second-order valence-corrected chi connectivity index (χ2v) is 5.92. The van der Waals surface area contributed by atoms with Crippen LogP contribution in [0.5, 0.6) is 0 Å². The van der Waals surface area contributed by atoms with Crippen molar-refractivity contribution in [2.45, 2.75) is 26.8 Å². The van der Waals surface area contributed by atoms with Crippen LogP contribution in [0.25, 0.3) is 10.8 Å². The first-order valence-corrected chi connectivity index (χ1v) is 7.65. The van der Waals surface area contributed by atoms with Gasteiger partial charge in [-0.1, -0.05) is 29.8 Å². The fourth-order valence-corrected chi connectivity index (χ4v) is 2.70. The predicted molar refractivity (Wildman–Crippen MR) is 90.3 cm³/mol. The third kappa shape index (κ3) is 2.97. The largest absolute Gasteiger partial charge is 0.361 e. The van der Waals surface area contributed by atoms with E-state index in [2.05, 4.69) is 20.5 Å². The van der Waals surface area contributed by atoms with E-state index >= 15 is 0 Å². The smallest absolute Gasteiger partial charge is 0.157 e. The minimum Gasteiger partial charge on any atom is -0.361 e. The summed E-state index contributed by atoms with van der Waals surface area (Å²) in [6, 6.07) is 6.82. The highest BCUT2D eigenvalue weighted by atomic mass is 35.5. The molecular formula is C17H16ClFN4. The average Bonchev–Trinajstić information content (AvgIpc) is 2.52. The number of rotatable bonds is 3. The number of hydrogen-bond donors (Lipinski definition) is 1. The molecule has 23 heavy (non-hydrogen) atoms. The van der Waals surface area contributed by atoms with E-state index in [4.69, 9.17) is 11.6 Å². The molecule has 4 nitrogen and oxygen atoms in total. The van der Waals surface area contributed by atoms with E-state index in [0.29, 0.717) is 22.1 Å². The van der Waals surface area contributed by atoms with Crippen LogP contribution in [-0.4, -0.2) is 15.2 Å². The van der Waals surface area contributed by atoms with Gasteiger partial charge in [0.1, 0.15) is 11.0 Å². The molecule has 0 aliphatic heterocycles. The molecule has 0 saturated heterocycles. The number of nitrogens with zero attached hydrogens (tertiary/aromatic N) is 3. The van der Waals surface area contributed by atoms with Crippen LogP contribution >= 0.6 is 11.6 Å². The Morgan fingerprint density at radius 3 is 2.74 bits per heavy atom. The highest BCUT2D eigenvalue weighted by Crippen LogP contribution is 2.28. The number of aromatic nitrogens is 3. The summed E-state index contributed by atoms with van der Waals surface area (Å²) in [6.45, 7) is 5.49. The van der Waals surface area contributed by atoms with Gasteiger partial charge in [0, 0.05) is 22.5 Å². The lowest BCUT2D eigenvalue weighted by Crippen LogP contribution is -2.11. The van der Waals surface area contributed by atoms with E-state index < -0.39 is 0 Å². The fourth-order valence-electron chi connectivity index (χ4n) is 2.54. The minimum absolute atomic E-state index is 0.212. The third-order valence-electron chi connectivity index (χ3n) is 3.86. The van der Waals surface area contributed by atoms with Gasteiger partial charge in [0.05, 0.1) is 11.7 Å². The fraction of sp³-hybridized carbons (Fsp3) is 0.235. The molecule has 0 aliphatic rings. The van der Waals surface area contributed by atoms with Gasteiger partial charge >= 0.3 is 0 Å². The van der Waals surface area contributed by atoms with Crippen molar-refractivity contribution >= 4 is 28.2 Å². The molecule has 0 saturated carbocycles. The van der Waals surface area contributed by atoms with E-state index in [1.807, 2.05) is 19.9 Å². The zero-order valence-corrected chi connectivity index (χ0v) is 13.8. The lowest BCUT2D eigenvalue weighted by molar-refractivity contribution is 0.591. The summed E-state index contributed by atoms with van der Waals surface area (Å²) in [6.07, 6.45) is 1.67. The summed E-state index contributed by atoms with van der Waals surface area (Å²) in [7, 11) is 0. The Bertz CT molecular complexity index is 882. The van der Waals surface area contributed by atoms with Crippen LogP contribution in [0.15, 0.2) is 30.5 Å². The maximum absolute atomic E-state index is 14.3. The van der Waals surface area contributed by atoms with Crippen LogP contribution in [0.3, 0.4) is 0 Å². The Morgan fingerprint density at radius 2 is 1.96 bits per heavy atom. The molecule has 3 aromatic rings. The molecule has 0 aliphatic carbocycles. The molecule has 0 fully saturated rings. The van der Waals surface area contributed by atoms with Crippen molar-refractivity contribution in [2.75, 3.05) is 5.32 Å². The predicted octanol–water partition coefficient (Wildman–Crippen LogP) is 4.61. The molecule has 6 heteroatoms. The normalized spacial score (nSPS) is 12.4. The molecule has 2 heterocycles. The average molecular weight is 331 g/mol. The highest BCUT2D eigenvalue weighted by molar-refractivity contribution is 6.30. The Balaban J connectivity index is 2.03. The number of pyridine rings is 1. The Labute approximate surface area is 138 Å². The number of aryl methyl sites for hydroxylation is 2. The summed E-state index contributed by atoms with van der Waals surface area (Å²) in [5.74, 6) is 0.347. The maximum atomic E-state index is 14.3. The number of fused-ring (bicyclic) bond motifs is 1. The Kier molecular flexibility index (Phi) is 4.13. The van der Waals surface area contributed by atoms with Crippen LogP contribution in [0.4, 0.5) is 10.2 Å². The van der Waals surface area contributed by atoms with Crippen LogP contribution in [0.1, 0.15) is 29.8 Å². The minimum atomic E-state index is -0.262. The van der Waals surface area contributed by atoms with E-state index in [9.17, 15) is 4.39 Å². The van der Waals surface area contributed by atoms with Gasteiger partial charge in [-0.2, -0.15) is 5.10 Å². The lowest BCUT2D eigenvalue weighted by Gasteiger charge is -2.17. The number of halogens is 2. The van der Waals surface area contributed by atoms with Crippen LogP contribution in [0, 0.1) is 19.7 Å². The SMILES string of the molecule is Cc1cccc(C(C)Nc2nnc(C)c3cnc(Cl)cc23)c1F. The summed E-state index contributed by atoms with van der Waals surface area (Å²) in [5, 5.41) is 13.6. The summed E-state index contributed by atoms with van der Waals surface area (Å²) >= 11 is 6.00. The van der Waals surface area contributed by atoms with E-state index in [0.717, 1.165) is 16.5 Å². The molecule has 1 atom stereocenters. The zero-order chi connectivity index (χ0) is 16.6. The quantitative estimate of drug-likeness (QED) is 0.713. The van der Waals surface area contributed by atoms with Gasteiger partial charge < -0.3 is 5.32 Å². The molecule has 3 rings (SSSR count). The second kappa shape index (κ2) is 6.08. The standard InChI is InChI=1S/C17H16ClFN4/c1-9-5-4-6-12(16(9)19)10(2)21-17-13-7-15(18)20-8-14(13)11(3)22-23-17/h4-8,10H,1-3H3,(H,21,23). The number of nitrogens with one attached hydrogen (secondary N) is 1. The van der Waals surface area contributed by atoms with Crippen molar-refractivity contribution in [3.63, 3.8) is 0 Å². The molecule has 0 spiro atoms. The van der Waals surface area contributed by atoms with Gasteiger partial charge in [-0.3, -0.25) is 0 Å². The second-order valence-electron chi connectivity index (χ2n) is 5.53. The van der Waals surface area contributed by atoms with Crippen molar-refractivity contribution in [3.8, 4) is 0 Å². The van der Waals surface area contributed by atoms with E-state index in [1.165, 1.54) is 0 Å². The van der Waals surface area contributed by atoms with Crippen molar-refractivity contribution in [1.29, 1.82) is 0 Å². The van der Waals surface area contributed by atoms with Crippen LogP contribution in [0.2, 0.25) is 5.15 Å². The van der Waals surface area contributed by atoms with Crippen LogP contribution < -0.4 is 5.32 Å². The number of benzene rings is 1. The molecule has 1 N–H and O–H groups in total. The first-order valence-electron chi connectivity index (χ1n) is 7.27. The van der Waals surface area contributed by atoms with Gasteiger partial charge in [0.15, 0.2) is 5.82 Å². The van der Waals surface area contributed by atoms with Crippen molar-refractivity contribution in [2.24, 2.45) is 0 Å². The van der Waals surface area contributed by atoms with Crippen LogP contribution in [-0.2, 0) is 0 Å². The van der Waals surface area contributed by atoms with Gasteiger partial charge in [0.25, 0.3) is 0 Å². The monoisotopic (exact) mass is 330 g/mol. The van der Waals surface area contributed by atoms with Gasteiger partial charge in [-0.25, -0.2) is 9.37 Å². The lowest BCUT2D eigenvalue weighted by atomic mass is 10.0. The molecule has 1 unspecified atom stereocenters. The molecule has 0 radical (unpaired) electrons. The van der Waals surface area contributed by atoms with Gasteiger partial charge in [-0.05, 0) is 32.4 Å². The molecule has 1 aromatic carbocycles. The first-order chi connectivity index (χ1) is 11.0. The summed E-state index contributed by atoms with van der Waals surface area (Å²) in [5.41, 5.74) is 1.97. The van der Waals surface area contributed by atoms with Crippen molar-refractivity contribution in [1.82, 2.24) is 15.2 Å². The van der Waals surface area contributed by atoms with Crippen molar-refractivity contribution in [3.05, 3.63) is 58.3 Å². The maximum Gasteiger partial charge on any atom is 0.157 e. The summed E-state index contributed by atoms with van der Waals surface area (Å²) in [4.78, 5) is 4.08. The summed E-state index contributed by atoms with van der Waals surface area (Å²) < 4.78 is 14.3. The number of hydrogen-bond acceptors (Lipinski definition) is 4. The first kappa shape index (κ1) is 15.6. The molecule has 2 aromatic heterocycles. The zero-order valence-electron chi connectivity index (χ0n) is 13.1. The Morgan fingerprint density at radius 1 is 1.17 bits per heavy atom. The highest BCUT2D eigenvalue weighted by Gasteiger charge is 2.15. The topological polar surface area (TPSA) is 50.7 Å². The molecule has 0 bridgehead atoms. The van der Waals surface area contributed by atoms with E-state index in [1.54, 1.807) is 31.3 Å². The Hall–Kier alpha value is -2.27. The van der Waals surface area contributed by atoms with Gasteiger partial charge in [0.2, 0.25) is 0 Å². The molecule has 0 amide bonds. The van der Waals surface area contributed by atoms with Gasteiger partial charge in [-0.15, -0.1) is 5.10 Å². The third-order valence-corrected chi connectivity index (χ3v) is 4.06. The molecule has 118 valence electrons.